The normalized spacial score (nSPS) is 12.4. The average molecular weight is 462 g/mol. The maximum Gasteiger partial charge on any atom is 0.260 e. The molecule has 0 bridgehead atoms. The Kier molecular flexibility index (Phi) is 7.45. The predicted molar refractivity (Wildman–Crippen MR) is 104 cm³/mol. The molecule has 0 aliphatic heterocycles. The van der Waals surface area contributed by atoms with E-state index in [-0.39, 0.29) is 23.9 Å². The van der Waals surface area contributed by atoms with E-state index in [0.29, 0.717) is 10.8 Å². The largest absolute Gasteiger partial charge is 0.481 e. The third-order valence-corrected chi connectivity index (χ3v) is 5.54. The van der Waals surface area contributed by atoms with Crippen LogP contribution in [0, 0.1) is 0 Å². The van der Waals surface area contributed by atoms with E-state index in [1.165, 1.54) is 12.1 Å². The number of carbonyl (C=O) groups is 1. The molecule has 0 aliphatic carbocycles. The van der Waals surface area contributed by atoms with Gasteiger partial charge in [0.15, 0.2) is 6.10 Å². The summed E-state index contributed by atoms with van der Waals surface area (Å²) in [7, 11) is -3.68. The standard InChI is InChI=1S/C17H18BrClN2O4S/c1-12(25-15-7-5-13(18)6-8-15)17(22)20-9-10-21-26(23,24)16-4-2-3-14(19)11-16/h2-8,11-12,21H,9-10H2,1H3,(H,20,22). The molecule has 2 rings (SSSR count). The molecule has 0 aliphatic rings. The number of carbonyl (C=O) groups excluding carboxylic acids is 1. The van der Waals surface area contributed by atoms with Gasteiger partial charge in [0.05, 0.1) is 4.90 Å². The fourth-order valence-electron chi connectivity index (χ4n) is 2.00. The van der Waals surface area contributed by atoms with Crippen molar-refractivity contribution in [3.8, 4) is 5.75 Å². The molecule has 2 aromatic rings. The summed E-state index contributed by atoms with van der Waals surface area (Å²) in [5, 5.41) is 2.96. The summed E-state index contributed by atoms with van der Waals surface area (Å²) in [5.41, 5.74) is 0. The van der Waals surface area contributed by atoms with Crippen molar-refractivity contribution >= 4 is 43.5 Å². The number of nitrogens with one attached hydrogen (secondary N) is 2. The van der Waals surface area contributed by atoms with Gasteiger partial charge in [0, 0.05) is 22.6 Å². The molecular formula is C17H18BrClN2O4S. The van der Waals surface area contributed by atoms with Crippen molar-refractivity contribution in [2.45, 2.75) is 17.9 Å². The van der Waals surface area contributed by atoms with Crippen LogP contribution in [0.1, 0.15) is 6.92 Å². The maximum absolute atomic E-state index is 12.1. The highest BCUT2D eigenvalue weighted by Crippen LogP contribution is 2.17. The second-order valence-electron chi connectivity index (χ2n) is 5.36. The van der Waals surface area contributed by atoms with Crippen molar-refractivity contribution in [3.05, 3.63) is 58.0 Å². The first-order valence-corrected chi connectivity index (χ1v) is 10.4. The van der Waals surface area contributed by atoms with Gasteiger partial charge in [0.25, 0.3) is 5.91 Å². The molecule has 140 valence electrons. The Labute approximate surface area is 166 Å². The summed E-state index contributed by atoms with van der Waals surface area (Å²) in [4.78, 5) is 12.1. The van der Waals surface area contributed by atoms with Crippen molar-refractivity contribution in [2.24, 2.45) is 0 Å². The molecule has 1 atom stereocenters. The summed E-state index contributed by atoms with van der Waals surface area (Å²) in [5.74, 6) is 0.229. The lowest BCUT2D eigenvalue weighted by atomic mass is 10.3. The molecule has 0 aromatic heterocycles. The highest BCUT2D eigenvalue weighted by atomic mass is 79.9. The van der Waals surface area contributed by atoms with Crippen LogP contribution in [0.4, 0.5) is 0 Å². The molecule has 26 heavy (non-hydrogen) atoms. The molecule has 0 radical (unpaired) electrons. The first-order chi connectivity index (χ1) is 12.3. The number of sulfonamides is 1. The molecule has 9 heteroatoms. The van der Waals surface area contributed by atoms with Crippen molar-refractivity contribution in [2.75, 3.05) is 13.1 Å². The maximum atomic E-state index is 12.1. The fraction of sp³-hybridized carbons (Fsp3) is 0.235. The number of hydrogen-bond acceptors (Lipinski definition) is 4. The van der Waals surface area contributed by atoms with Gasteiger partial charge >= 0.3 is 0 Å². The molecule has 0 spiro atoms. The highest BCUT2D eigenvalue weighted by molar-refractivity contribution is 9.10. The summed E-state index contributed by atoms with van der Waals surface area (Å²) >= 11 is 9.12. The van der Waals surface area contributed by atoms with E-state index in [0.717, 1.165) is 4.47 Å². The molecule has 0 saturated carbocycles. The van der Waals surface area contributed by atoms with Crippen LogP contribution in [-0.2, 0) is 14.8 Å². The monoisotopic (exact) mass is 460 g/mol. The Morgan fingerprint density at radius 2 is 1.88 bits per heavy atom. The molecule has 0 fully saturated rings. The third-order valence-electron chi connectivity index (χ3n) is 3.32. The second kappa shape index (κ2) is 9.36. The zero-order valence-electron chi connectivity index (χ0n) is 13.9. The molecule has 0 heterocycles. The Hall–Kier alpha value is -1.61. The van der Waals surface area contributed by atoms with Crippen LogP contribution in [0.3, 0.4) is 0 Å². The number of rotatable bonds is 8. The van der Waals surface area contributed by atoms with Gasteiger partial charge in [-0.1, -0.05) is 33.6 Å². The summed E-state index contributed by atoms with van der Waals surface area (Å²) < 4.78 is 33.1. The molecule has 2 aromatic carbocycles. The molecule has 1 unspecified atom stereocenters. The summed E-state index contributed by atoms with van der Waals surface area (Å²) in [6.07, 6.45) is -0.708. The van der Waals surface area contributed by atoms with Gasteiger partial charge in [-0.05, 0) is 49.4 Å². The number of hydrogen-bond donors (Lipinski definition) is 2. The minimum absolute atomic E-state index is 0.0472. The third kappa shape index (κ3) is 6.28. The van der Waals surface area contributed by atoms with Crippen molar-refractivity contribution in [1.82, 2.24) is 10.0 Å². The van der Waals surface area contributed by atoms with Gasteiger partial charge < -0.3 is 10.1 Å². The summed E-state index contributed by atoms with van der Waals surface area (Å²) in [6.45, 7) is 1.80. The lowest BCUT2D eigenvalue weighted by Crippen LogP contribution is -2.40. The van der Waals surface area contributed by atoms with Crippen LogP contribution >= 0.6 is 27.5 Å². The van der Waals surface area contributed by atoms with Crippen molar-refractivity contribution < 1.29 is 17.9 Å². The smallest absolute Gasteiger partial charge is 0.260 e. The number of benzene rings is 2. The van der Waals surface area contributed by atoms with Crippen LogP contribution < -0.4 is 14.8 Å². The Morgan fingerprint density at radius 1 is 1.19 bits per heavy atom. The topological polar surface area (TPSA) is 84.5 Å². The van der Waals surface area contributed by atoms with Crippen LogP contribution in [-0.4, -0.2) is 33.5 Å². The van der Waals surface area contributed by atoms with Gasteiger partial charge in [0.2, 0.25) is 10.0 Å². The zero-order valence-corrected chi connectivity index (χ0v) is 17.1. The van der Waals surface area contributed by atoms with Crippen molar-refractivity contribution in [1.29, 1.82) is 0 Å². The number of ether oxygens (including phenoxy) is 1. The Morgan fingerprint density at radius 3 is 2.54 bits per heavy atom. The zero-order chi connectivity index (χ0) is 19.2. The molecule has 2 N–H and O–H groups in total. The second-order valence-corrected chi connectivity index (χ2v) is 8.48. The number of halogens is 2. The fourth-order valence-corrected chi connectivity index (χ4v) is 3.60. The number of amides is 1. The van der Waals surface area contributed by atoms with Crippen LogP contribution in [0.2, 0.25) is 5.02 Å². The average Bonchev–Trinajstić information content (AvgIpc) is 2.60. The van der Waals surface area contributed by atoms with Gasteiger partial charge in [0.1, 0.15) is 5.75 Å². The Bertz CT molecular complexity index is 859. The molecular weight excluding hydrogens is 444 g/mol. The minimum atomic E-state index is -3.68. The SMILES string of the molecule is CC(Oc1ccc(Br)cc1)C(=O)NCCNS(=O)(=O)c1cccc(Cl)c1. The summed E-state index contributed by atoms with van der Waals surface area (Å²) in [6, 6.07) is 13.1. The lowest BCUT2D eigenvalue weighted by Gasteiger charge is -2.15. The van der Waals surface area contributed by atoms with E-state index in [9.17, 15) is 13.2 Å². The van der Waals surface area contributed by atoms with E-state index >= 15 is 0 Å². The van der Waals surface area contributed by atoms with Crippen LogP contribution in [0.15, 0.2) is 57.9 Å². The van der Waals surface area contributed by atoms with E-state index in [1.54, 1.807) is 31.2 Å². The first-order valence-electron chi connectivity index (χ1n) is 7.73. The van der Waals surface area contributed by atoms with E-state index in [2.05, 4.69) is 26.0 Å². The van der Waals surface area contributed by atoms with Gasteiger partial charge in [-0.3, -0.25) is 4.79 Å². The van der Waals surface area contributed by atoms with Gasteiger partial charge in [-0.15, -0.1) is 0 Å². The van der Waals surface area contributed by atoms with E-state index < -0.39 is 16.1 Å². The van der Waals surface area contributed by atoms with E-state index in [4.69, 9.17) is 16.3 Å². The lowest BCUT2D eigenvalue weighted by molar-refractivity contribution is -0.127. The molecule has 6 nitrogen and oxygen atoms in total. The van der Waals surface area contributed by atoms with E-state index in [1.807, 2.05) is 12.1 Å². The quantitative estimate of drug-likeness (QED) is 0.592. The highest BCUT2D eigenvalue weighted by Gasteiger charge is 2.16. The van der Waals surface area contributed by atoms with Gasteiger partial charge in [-0.25, -0.2) is 13.1 Å². The minimum Gasteiger partial charge on any atom is -0.481 e. The molecule has 0 saturated heterocycles. The Balaban J connectivity index is 1.78. The molecule has 1 amide bonds. The van der Waals surface area contributed by atoms with Crippen LogP contribution in [0.5, 0.6) is 5.75 Å². The predicted octanol–water partition coefficient (Wildman–Crippen LogP) is 2.96. The first kappa shape index (κ1) is 20.7. The van der Waals surface area contributed by atoms with Gasteiger partial charge in [-0.2, -0.15) is 0 Å². The van der Waals surface area contributed by atoms with Crippen LogP contribution in [0.25, 0.3) is 0 Å². The van der Waals surface area contributed by atoms with Crippen molar-refractivity contribution in [3.63, 3.8) is 0 Å².